The zero-order valence-corrected chi connectivity index (χ0v) is 18.0. The monoisotopic (exact) mass is 453 g/mol. The second kappa shape index (κ2) is 13.3. The third-order valence-corrected chi connectivity index (χ3v) is 5.91. The number of rotatable bonds is 12. The summed E-state index contributed by atoms with van der Waals surface area (Å²) in [7, 11) is 0. The molecule has 0 amide bonds. The van der Waals surface area contributed by atoms with Crippen LogP contribution in [0.3, 0.4) is 0 Å². The third kappa shape index (κ3) is 7.02. The SMILES string of the molecule is CCCCCCCCN[C@@H]1C(CO)O[C@H](O[C@H]2O[C@H](CO)[C@@H](O)C(O)C2O)C(O)[C@H]1O. The molecule has 0 aromatic heterocycles. The first kappa shape index (κ1) is 26.8. The predicted octanol–water partition coefficient (Wildman–Crippen LogP) is -2.44. The summed E-state index contributed by atoms with van der Waals surface area (Å²) in [5, 5.41) is 72.9. The van der Waals surface area contributed by atoms with Crippen LogP contribution in [0.1, 0.15) is 45.4 Å². The molecule has 2 aliphatic rings. The molecule has 184 valence electrons. The van der Waals surface area contributed by atoms with Crippen molar-refractivity contribution in [2.75, 3.05) is 19.8 Å². The standard InChI is InChI=1S/C20H39NO10/c1-2-3-4-5-6-7-8-21-13-11(9-22)29-19(17(27)15(13)25)31-20-18(28)16(26)14(24)12(10-23)30-20/h11-28H,2-10H2,1H3/t11?,12-,13-,14-,15+,16?,17?,18?,19-,20-/m1/s1. The van der Waals surface area contributed by atoms with Crippen molar-refractivity contribution >= 4 is 0 Å². The lowest BCUT2D eigenvalue weighted by atomic mass is 9.95. The van der Waals surface area contributed by atoms with E-state index >= 15 is 0 Å². The van der Waals surface area contributed by atoms with E-state index in [9.17, 15) is 35.7 Å². The lowest BCUT2D eigenvalue weighted by Crippen LogP contribution is -2.66. The molecular formula is C20H39NO10. The molecule has 0 radical (unpaired) electrons. The molecule has 11 nitrogen and oxygen atoms in total. The van der Waals surface area contributed by atoms with Crippen LogP contribution in [-0.2, 0) is 14.2 Å². The van der Waals surface area contributed by atoms with Crippen molar-refractivity contribution in [1.82, 2.24) is 5.32 Å². The van der Waals surface area contributed by atoms with Crippen LogP contribution in [0.5, 0.6) is 0 Å². The summed E-state index contributed by atoms with van der Waals surface area (Å²) in [4.78, 5) is 0. The first-order valence-corrected chi connectivity index (χ1v) is 11.2. The minimum absolute atomic E-state index is 0.452. The van der Waals surface area contributed by atoms with E-state index in [0.29, 0.717) is 6.54 Å². The summed E-state index contributed by atoms with van der Waals surface area (Å²) in [6, 6.07) is -0.731. The molecule has 0 saturated carbocycles. The summed E-state index contributed by atoms with van der Waals surface area (Å²) in [6.07, 6.45) is -6.23. The minimum atomic E-state index is -1.68. The van der Waals surface area contributed by atoms with Crippen molar-refractivity contribution in [3.8, 4) is 0 Å². The topological polar surface area (TPSA) is 181 Å². The van der Waals surface area contributed by atoms with Crippen LogP contribution in [0.25, 0.3) is 0 Å². The van der Waals surface area contributed by atoms with E-state index in [1.165, 1.54) is 19.3 Å². The fourth-order valence-corrected chi connectivity index (χ4v) is 3.94. The van der Waals surface area contributed by atoms with E-state index in [4.69, 9.17) is 14.2 Å². The van der Waals surface area contributed by atoms with Crippen LogP contribution in [0.15, 0.2) is 0 Å². The summed E-state index contributed by atoms with van der Waals surface area (Å²) >= 11 is 0. The van der Waals surface area contributed by atoms with Gasteiger partial charge in [-0.1, -0.05) is 39.0 Å². The Morgan fingerprint density at radius 2 is 1.23 bits per heavy atom. The van der Waals surface area contributed by atoms with E-state index in [0.717, 1.165) is 19.3 Å². The van der Waals surface area contributed by atoms with Gasteiger partial charge in [-0.05, 0) is 13.0 Å². The zero-order valence-electron chi connectivity index (χ0n) is 18.0. The van der Waals surface area contributed by atoms with Crippen LogP contribution < -0.4 is 5.32 Å². The Bertz CT molecular complexity index is 497. The average molecular weight is 454 g/mol. The summed E-state index contributed by atoms with van der Waals surface area (Å²) in [5.74, 6) is 0. The molecule has 31 heavy (non-hydrogen) atoms. The summed E-state index contributed by atoms with van der Waals surface area (Å²) in [6.45, 7) is 1.65. The highest BCUT2D eigenvalue weighted by Gasteiger charge is 2.49. The van der Waals surface area contributed by atoms with Gasteiger partial charge in [-0.3, -0.25) is 0 Å². The van der Waals surface area contributed by atoms with Crippen molar-refractivity contribution in [3.63, 3.8) is 0 Å². The van der Waals surface area contributed by atoms with Crippen molar-refractivity contribution in [3.05, 3.63) is 0 Å². The highest BCUT2D eigenvalue weighted by Crippen LogP contribution is 2.28. The fraction of sp³-hybridized carbons (Fsp3) is 1.00. The normalized spacial score (nSPS) is 41.4. The van der Waals surface area contributed by atoms with Gasteiger partial charge in [0.05, 0.1) is 19.3 Å². The van der Waals surface area contributed by atoms with Crippen molar-refractivity contribution in [1.29, 1.82) is 0 Å². The van der Waals surface area contributed by atoms with Gasteiger partial charge >= 0.3 is 0 Å². The van der Waals surface area contributed by atoms with Crippen LogP contribution in [0, 0.1) is 0 Å². The molecule has 8 N–H and O–H groups in total. The smallest absolute Gasteiger partial charge is 0.189 e. The molecule has 0 aromatic rings. The molecule has 0 bridgehead atoms. The van der Waals surface area contributed by atoms with E-state index < -0.39 is 74.6 Å². The number of hydrogen-bond acceptors (Lipinski definition) is 11. The van der Waals surface area contributed by atoms with Gasteiger partial charge in [-0.2, -0.15) is 0 Å². The maximum atomic E-state index is 10.6. The van der Waals surface area contributed by atoms with E-state index in [1.54, 1.807) is 0 Å². The maximum Gasteiger partial charge on any atom is 0.189 e. The Balaban J connectivity index is 1.89. The molecule has 2 fully saturated rings. The van der Waals surface area contributed by atoms with E-state index in [2.05, 4.69) is 12.2 Å². The van der Waals surface area contributed by atoms with Gasteiger partial charge in [-0.15, -0.1) is 0 Å². The Hall–Kier alpha value is -0.440. The van der Waals surface area contributed by atoms with Crippen LogP contribution in [0.2, 0.25) is 0 Å². The number of nitrogens with one attached hydrogen (secondary N) is 1. The van der Waals surface area contributed by atoms with Crippen LogP contribution >= 0.6 is 0 Å². The van der Waals surface area contributed by atoms with E-state index in [-0.39, 0.29) is 0 Å². The number of ether oxygens (including phenoxy) is 3. The average Bonchev–Trinajstić information content (AvgIpc) is 2.77. The molecule has 2 aliphatic heterocycles. The molecule has 11 heteroatoms. The fourth-order valence-electron chi connectivity index (χ4n) is 3.94. The molecule has 4 unspecified atom stereocenters. The first-order valence-electron chi connectivity index (χ1n) is 11.2. The zero-order chi connectivity index (χ0) is 23.0. The largest absolute Gasteiger partial charge is 0.394 e. The summed E-state index contributed by atoms with van der Waals surface area (Å²) < 4.78 is 16.2. The van der Waals surface area contributed by atoms with Crippen molar-refractivity contribution in [2.24, 2.45) is 0 Å². The van der Waals surface area contributed by atoms with Crippen LogP contribution in [-0.4, -0.2) is 117 Å². The first-order chi connectivity index (χ1) is 14.8. The quantitative estimate of drug-likeness (QED) is 0.147. The van der Waals surface area contributed by atoms with Crippen molar-refractivity contribution < 1.29 is 50.0 Å². The second-order valence-electron chi connectivity index (χ2n) is 8.29. The molecular weight excluding hydrogens is 414 g/mol. The van der Waals surface area contributed by atoms with Gasteiger partial charge < -0.3 is 55.3 Å². The van der Waals surface area contributed by atoms with Gasteiger partial charge in [0, 0.05) is 0 Å². The Morgan fingerprint density at radius 1 is 0.677 bits per heavy atom. The Morgan fingerprint density at radius 3 is 1.84 bits per heavy atom. The number of aliphatic hydroxyl groups is 7. The van der Waals surface area contributed by atoms with Gasteiger partial charge in [0.15, 0.2) is 12.6 Å². The molecule has 0 aromatic carbocycles. The van der Waals surface area contributed by atoms with Crippen molar-refractivity contribution in [2.45, 2.75) is 107 Å². The molecule has 10 atom stereocenters. The molecule has 2 rings (SSSR count). The van der Waals surface area contributed by atoms with E-state index in [1.807, 2.05) is 0 Å². The molecule has 0 spiro atoms. The number of hydrogen-bond donors (Lipinski definition) is 8. The lowest BCUT2D eigenvalue weighted by Gasteiger charge is -2.45. The highest BCUT2D eigenvalue weighted by atomic mass is 16.8. The van der Waals surface area contributed by atoms with Gasteiger partial charge in [-0.25, -0.2) is 0 Å². The third-order valence-electron chi connectivity index (χ3n) is 5.91. The lowest BCUT2D eigenvalue weighted by molar-refractivity contribution is -0.370. The Kier molecular flexibility index (Phi) is 11.5. The van der Waals surface area contributed by atoms with Crippen LogP contribution in [0.4, 0.5) is 0 Å². The number of unbranched alkanes of at least 4 members (excludes halogenated alkanes) is 5. The molecule has 0 aliphatic carbocycles. The summed E-state index contributed by atoms with van der Waals surface area (Å²) in [5.41, 5.74) is 0. The maximum absolute atomic E-state index is 10.6. The highest BCUT2D eigenvalue weighted by molar-refractivity contribution is 4.95. The number of aliphatic hydroxyl groups excluding tert-OH is 7. The predicted molar refractivity (Wildman–Crippen MR) is 108 cm³/mol. The molecule has 2 saturated heterocycles. The second-order valence-corrected chi connectivity index (χ2v) is 8.29. The van der Waals surface area contributed by atoms with Gasteiger partial charge in [0.2, 0.25) is 0 Å². The Labute approximate surface area is 182 Å². The van der Waals surface area contributed by atoms with Gasteiger partial charge in [0.25, 0.3) is 0 Å². The van der Waals surface area contributed by atoms with Gasteiger partial charge in [0.1, 0.15) is 42.7 Å². The molecule has 2 heterocycles. The minimum Gasteiger partial charge on any atom is -0.394 e.